The number of aromatic nitrogens is 1. The lowest BCUT2D eigenvalue weighted by Gasteiger charge is -2.04. The van der Waals surface area contributed by atoms with Gasteiger partial charge in [-0.25, -0.2) is 4.98 Å². The Balaban J connectivity index is 3.18. The van der Waals surface area contributed by atoms with Crippen LogP contribution in [0.25, 0.3) is 5.57 Å². The van der Waals surface area contributed by atoms with Crippen LogP contribution in [-0.2, 0) is 0 Å². The van der Waals surface area contributed by atoms with Gasteiger partial charge in [-0.3, -0.25) is 0 Å². The largest absolute Gasteiger partial charge is 0.241 e. The van der Waals surface area contributed by atoms with E-state index in [4.69, 9.17) is 11.6 Å². The highest BCUT2D eigenvalue weighted by Crippen LogP contribution is 2.18. The summed E-state index contributed by atoms with van der Waals surface area (Å²) in [5.41, 5.74) is 3.39. The minimum Gasteiger partial charge on any atom is -0.241 e. The second-order valence-electron chi connectivity index (χ2n) is 2.74. The average Bonchev–Trinajstić information content (AvgIpc) is 2.03. The fraction of sp³-hybridized carbons (Fsp3) is 0.300. The molecular weight excluding hydrogens is 170 g/mol. The highest BCUT2D eigenvalue weighted by atomic mass is 35.5. The van der Waals surface area contributed by atoms with Gasteiger partial charge >= 0.3 is 0 Å². The number of hydrogen-bond acceptors (Lipinski definition) is 1. The monoisotopic (exact) mass is 181 g/mol. The first-order valence-electron chi connectivity index (χ1n) is 3.91. The van der Waals surface area contributed by atoms with Crippen molar-refractivity contribution in [2.75, 3.05) is 0 Å². The van der Waals surface area contributed by atoms with Gasteiger partial charge in [0.2, 0.25) is 0 Å². The van der Waals surface area contributed by atoms with Crippen LogP contribution in [0.3, 0.4) is 0 Å². The molecule has 1 aromatic rings. The van der Waals surface area contributed by atoms with Crippen LogP contribution in [-0.4, -0.2) is 4.98 Å². The maximum Gasteiger partial charge on any atom is 0.129 e. The number of allylic oxidation sites excluding steroid dienone is 2. The summed E-state index contributed by atoms with van der Waals surface area (Å²) in [6.07, 6.45) is 2.07. The minimum absolute atomic E-state index is 0.556. The molecule has 12 heavy (non-hydrogen) atoms. The van der Waals surface area contributed by atoms with Gasteiger partial charge in [0.25, 0.3) is 0 Å². The molecule has 0 aliphatic carbocycles. The van der Waals surface area contributed by atoms with Gasteiger partial charge in [-0.05, 0) is 44.0 Å². The fourth-order valence-corrected chi connectivity index (χ4v) is 1.29. The average molecular weight is 182 g/mol. The van der Waals surface area contributed by atoms with Gasteiger partial charge < -0.3 is 0 Å². The molecule has 1 nitrogen and oxygen atoms in total. The molecule has 0 bridgehead atoms. The number of rotatable bonds is 1. The Hall–Kier alpha value is -0.820. The van der Waals surface area contributed by atoms with Crippen molar-refractivity contribution in [3.05, 3.63) is 34.6 Å². The van der Waals surface area contributed by atoms with E-state index in [-0.39, 0.29) is 0 Å². The first kappa shape index (κ1) is 9.27. The molecule has 64 valence electrons. The molecule has 0 aromatic carbocycles. The first-order valence-corrected chi connectivity index (χ1v) is 4.29. The normalized spacial score (nSPS) is 11.8. The molecule has 1 heterocycles. The van der Waals surface area contributed by atoms with Crippen LogP contribution in [0.15, 0.2) is 18.2 Å². The number of aryl methyl sites for hydroxylation is 1. The summed E-state index contributed by atoms with van der Waals surface area (Å²) >= 11 is 5.73. The van der Waals surface area contributed by atoms with Crippen LogP contribution in [0.4, 0.5) is 0 Å². The summed E-state index contributed by atoms with van der Waals surface area (Å²) < 4.78 is 0. The summed E-state index contributed by atoms with van der Waals surface area (Å²) in [6.45, 7) is 6.05. The van der Waals surface area contributed by atoms with E-state index in [0.29, 0.717) is 5.15 Å². The van der Waals surface area contributed by atoms with Gasteiger partial charge in [0, 0.05) is 5.69 Å². The van der Waals surface area contributed by atoms with Crippen molar-refractivity contribution in [2.45, 2.75) is 20.8 Å². The summed E-state index contributed by atoms with van der Waals surface area (Å²) in [7, 11) is 0. The molecule has 0 radical (unpaired) electrons. The predicted octanol–water partition coefficient (Wildman–Crippen LogP) is 3.47. The highest BCUT2D eigenvalue weighted by molar-refractivity contribution is 6.29. The number of hydrogen-bond donors (Lipinski definition) is 0. The van der Waals surface area contributed by atoms with E-state index in [2.05, 4.69) is 18.0 Å². The molecular formula is C10H12ClN. The Morgan fingerprint density at radius 3 is 2.67 bits per heavy atom. The summed E-state index contributed by atoms with van der Waals surface area (Å²) in [5.74, 6) is 0. The zero-order valence-corrected chi connectivity index (χ0v) is 8.31. The Labute approximate surface area is 78.1 Å². The quantitative estimate of drug-likeness (QED) is 0.605. The molecule has 0 atom stereocenters. The molecule has 1 rings (SSSR count). The third-order valence-corrected chi connectivity index (χ3v) is 2.12. The third kappa shape index (κ3) is 1.86. The van der Waals surface area contributed by atoms with Crippen molar-refractivity contribution >= 4 is 17.2 Å². The van der Waals surface area contributed by atoms with E-state index in [1.165, 1.54) is 11.1 Å². The van der Waals surface area contributed by atoms with Crippen molar-refractivity contribution in [3.8, 4) is 0 Å². The van der Waals surface area contributed by atoms with Crippen molar-refractivity contribution in [1.29, 1.82) is 0 Å². The highest BCUT2D eigenvalue weighted by Gasteiger charge is 2.00. The summed E-state index contributed by atoms with van der Waals surface area (Å²) in [6, 6.07) is 3.82. The molecule has 0 aliphatic heterocycles. The SMILES string of the molecule is C/C=C(/C)c1ccc(Cl)nc1C. The molecule has 0 saturated heterocycles. The first-order chi connectivity index (χ1) is 5.65. The van der Waals surface area contributed by atoms with Gasteiger partial charge in [0.05, 0.1) is 0 Å². The minimum atomic E-state index is 0.556. The maximum atomic E-state index is 5.73. The summed E-state index contributed by atoms with van der Waals surface area (Å²) in [5, 5.41) is 0.556. The second-order valence-corrected chi connectivity index (χ2v) is 3.13. The van der Waals surface area contributed by atoms with E-state index in [1.807, 2.05) is 26.0 Å². The van der Waals surface area contributed by atoms with Crippen LogP contribution in [0, 0.1) is 6.92 Å². The van der Waals surface area contributed by atoms with E-state index < -0.39 is 0 Å². The number of halogens is 1. The molecule has 0 N–H and O–H groups in total. The zero-order chi connectivity index (χ0) is 9.14. The maximum absolute atomic E-state index is 5.73. The molecule has 0 amide bonds. The van der Waals surface area contributed by atoms with Gasteiger partial charge in [-0.2, -0.15) is 0 Å². The second kappa shape index (κ2) is 3.72. The molecule has 1 aromatic heterocycles. The van der Waals surface area contributed by atoms with Crippen LogP contribution >= 0.6 is 11.6 Å². The van der Waals surface area contributed by atoms with Gasteiger partial charge in [0.1, 0.15) is 5.15 Å². The molecule has 0 spiro atoms. The third-order valence-electron chi connectivity index (χ3n) is 1.91. The zero-order valence-electron chi connectivity index (χ0n) is 7.56. The lowest BCUT2D eigenvalue weighted by molar-refractivity contribution is 1.18. The summed E-state index contributed by atoms with van der Waals surface area (Å²) in [4.78, 5) is 4.17. The number of pyridine rings is 1. The van der Waals surface area contributed by atoms with E-state index >= 15 is 0 Å². The molecule has 0 aliphatic rings. The molecule has 0 unspecified atom stereocenters. The Morgan fingerprint density at radius 2 is 2.17 bits per heavy atom. The Kier molecular flexibility index (Phi) is 2.88. The van der Waals surface area contributed by atoms with Gasteiger partial charge in [-0.1, -0.05) is 17.7 Å². The smallest absolute Gasteiger partial charge is 0.129 e. The van der Waals surface area contributed by atoms with Crippen molar-refractivity contribution in [2.24, 2.45) is 0 Å². The Morgan fingerprint density at radius 1 is 1.50 bits per heavy atom. The van der Waals surface area contributed by atoms with Crippen molar-refractivity contribution in [3.63, 3.8) is 0 Å². The van der Waals surface area contributed by atoms with Crippen LogP contribution in [0.2, 0.25) is 5.15 Å². The number of nitrogens with zero attached hydrogens (tertiary/aromatic N) is 1. The standard InChI is InChI=1S/C10H12ClN/c1-4-7(2)9-5-6-10(11)12-8(9)3/h4-6H,1-3H3/b7-4-. The molecule has 0 fully saturated rings. The van der Waals surface area contributed by atoms with Crippen LogP contribution < -0.4 is 0 Å². The van der Waals surface area contributed by atoms with Crippen molar-refractivity contribution in [1.82, 2.24) is 4.98 Å². The van der Waals surface area contributed by atoms with Gasteiger partial charge in [0.15, 0.2) is 0 Å². The van der Waals surface area contributed by atoms with Crippen molar-refractivity contribution < 1.29 is 0 Å². The topological polar surface area (TPSA) is 12.9 Å². The molecule has 0 saturated carbocycles. The molecule has 2 heteroatoms. The van der Waals surface area contributed by atoms with Crippen LogP contribution in [0.1, 0.15) is 25.1 Å². The van der Waals surface area contributed by atoms with E-state index in [1.54, 1.807) is 0 Å². The van der Waals surface area contributed by atoms with Gasteiger partial charge in [-0.15, -0.1) is 0 Å². The van der Waals surface area contributed by atoms with E-state index in [9.17, 15) is 0 Å². The Bertz CT molecular complexity index is 316. The van der Waals surface area contributed by atoms with Crippen LogP contribution in [0.5, 0.6) is 0 Å². The lowest BCUT2D eigenvalue weighted by atomic mass is 10.1. The lowest BCUT2D eigenvalue weighted by Crippen LogP contribution is -1.89. The van der Waals surface area contributed by atoms with E-state index in [0.717, 1.165) is 5.69 Å². The predicted molar refractivity (Wildman–Crippen MR) is 53.3 cm³/mol. The fourth-order valence-electron chi connectivity index (χ4n) is 1.10.